The predicted octanol–water partition coefficient (Wildman–Crippen LogP) is 3.73. The summed E-state index contributed by atoms with van der Waals surface area (Å²) in [5, 5.41) is 9.44. The number of hydrogen-bond donors (Lipinski definition) is 2. The number of nitrogens with zero attached hydrogens (tertiary/aromatic N) is 6. The van der Waals surface area contributed by atoms with Crippen molar-refractivity contribution in [2.45, 2.75) is 6.42 Å². The number of methoxy groups -OCH3 is 2. The summed E-state index contributed by atoms with van der Waals surface area (Å²) >= 11 is 0. The highest BCUT2D eigenvalue weighted by Gasteiger charge is 2.32. The highest BCUT2D eigenvalue weighted by Crippen LogP contribution is 2.44. The SMILES string of the molecule is COC1=CC(=O)c2c3c(c(NCCN(C)CCCN(C)CCNc4nc5cc(OC)ccc5c5c4C(=O)c4cnccc4-5)nc2=C1)=Cc1cnccc1-3. The molecule has 4 heterocycles. The molecule has 0 amide bonds. The highest BCUT2D eigenvalue weighted by atomic mass is 16.5. The van der Waals surface area contributed by atoms with Crippen LogP contribution in [0.2, 0.25) is 0 Å². The minimum Gasteiger partial charge on any atom is -0.497 e. The number of allylic oxidation sites excluding steroid dienone is 2. The second-order valence-corrected chi connectivity index (χ2v) is 13.5. The minimum atomic E-state index is -0.109. The summed E-state index contributed by atoms with van der Waals surface area (Å²) in [5.74, 6) is 2.37. The van der Waals surface area contributed by atoms with Crippen LogP contribution in [0.3, 0.4) is 0 Å². The van der Waals surface area contributed by atoms with E-state index in [1.54, 1.807) is 32.8 Å². The second kappa shape index (κ2) is 14.2. The van der Waals surface area contributed by atoms with Crippen LogP contribution in [0.4, 0.5) is 11.6 Å². The van der Waals surface area contributed by atoms with E-state index in [1.165, 1.54) is 6.08 Å². The Morgan fingerprint density at radius 2 is 1.43 bits per heavy atom. The first-order valence-electron chi connectivity index (χ1n) is 17.7. The summed E-state index contributed by atoms with van der Waals surface area (Å²) in [6.07, 6.45) is 13.3. The number of hydrogen-bond acceptors (Lipinski definition) is 12. The molecule has 3 aliphatic rings. The Bertz CT molecular complexity index is 2460. The van der Waals surface area contributed by atoms with Gasteiger partial charge in [0.2, 0.25) is 0 Å². The first kappa shape index (κ1) is 34.1. The standard InChI is InChI=1S/C41H40N8O4/c1-48(16-12-44-40-30-18-24-22-42-10-8-27(24)35(30)37-33(47-40)20-26(53-4)21-34(37)50)14-5-15-49(2)17-13-45-41-38-36(28-9-11-43-23-31(28)39(38)51)29-7-6-25(52-3)19-32(29)46-41/h6-11,18-23H,5,12-17H2,1-4H3,(H,44,47)(H,45,46). The largest absolute Gasteiger partial charge is 0.497 e. The van der Waals surface area contributed by atoms with Gasteiger partial charge in [0.25, 0.3) is 0 Å². The van der Waals surface area contributed by atoms with Gasteiger partial charge in [-0.05, 0) is 75.1 Å². The van der Waals surface area contributed by atoms with E-state index in [1.807, 2.05) is 42.6 Å². The molecule has 0 aliphatic heterocycles. The van der Waals surface area contributed by atoms with E-state index < -0.39 is 0 Å². The number of carbonyl (C=O) groups excluding carboxylic acids is 2. The van der Waals surface area contributed by atoms with Gasteiger partial charge in [0.1, 0.15) is 23.1 Å². The number of pyridine rings is 4. The number of likely N-dealkylation sites (N-methyl/N-ethyl adjacent to an activating group) is 2. The van der Waals surface area contributed by atoms with E-state index in [-0.39, 0.29) is 11.6 Å². The number of ketones is 2. The normalized spacial score (nSPS) is 13.5. The Kier molecular flexibility index (Phi) is 9.15. The van der Waals surface area contributed by atoms with Crippen molar-refractivity contribution in [2.24, 2.45) is 0 Å². The zero-order valence-corrected chi connectivity index (χ0v) is 30.2. The molecule has 1 aromatic carbocycles. The van der Waals surface area contributed by atoms with Gasteiger partial charge in [-0.25, -0.2) is 9.97 Å². The molecule has 0 saturated carbocycles. The van der Waals surface area contributed by atoms with Crippen LogP contribution < -0.4 is 25.9 Å². The van der Waals surface area contributed by atoms with Gasteiger partial charge in [-0.1, -0.05) is 0 Å². The topological polar surface area (TPSA) is 135 Å². The average molecular weight is 709 g/mol. The Labute approximate surface area is 306 Å². The molecular formula is C41H40N8O4. The third-order valence-electron chi connectivity index (χ3n) is 10.1. The molecule has 0 spiro atoms. The highest BCUT2D eigenvalue weighted by molar-refractivity contribution is 6.27. The van der Waals surface area contributed by atoms with Crippen LogP contribution in [0, 0.1) is 0 Å². The van der Waals surface area contributed by atoms with Gasteiger partial charge >= 0.3 is 0 Å². The van der Waals surface area contributed by atoms with E-state index >= 15 is 0 Å². The molecule has 0 bridgehead atoms. The molecule has 12 nitrogen and oxygen atoms in total. The predicted molar refractivity (Wildman–Crippen MR) is 206 cm³/mol. The Morgan fingerprint density at radius 3 is 2.19 bits per heavy atom. The maximum Gasteiger partial charge on any atom is 0.199 e. The average Bonchev–Trinajstić information content (AvgIpc) is 3.70. The fraction of sp³-hybridized carbons (Fsp3) is 0.268. The first-order valence-corrected chi connectivity index (χ1v) is 17.7. The van der Waals surface area contributed by atoms with E-state index in [4.69, 9.17) is 19.4 Å². The van der Waals surface area contributed by atoms with Crippen molar-refractivity contribution in [3.8, 4) is 28.0 Å². The quantitative estimate of drug-likeness (QED) is 0.171. The lowest BCUT2D eigenvalue weighted by Crippen LogP contribution is -2.33. The van der Waals surface area contributed by atoms with Crippen molar-refractivity contribution in [3.63, 3.8) is 0 Å². The second-order valence-electron chi connectivity index (χ2n) is 13.5. The number of ether oxygens (including phenoxy) is 2. The summed E-state index contributed by atoms with van der Waals surface area (Å²) in [6, 6.07) is 9.63. The Hall–Kier alpha value is -5.98. The Morgan fingerprint density at radius 1 is 0.698 bits per heavy atom. The molecule has 53 heavy (non-hydrogen) atoms. The van der Waals surface area contributed by atoms with Crippen LogP contribution >= 0.6 is 0 Å². The molecule has 0 saturated heterocycles. The molecule has 3 aliphatic carbocycles. The number of fused-ring (bicyclic) bond motifs is 10. The maximum atomic E-state index is 13.5. The van der Waals surface area contributed by atoms with Gasteiger partial charge in [0, 0.05) is 102 Å². The molecule has 0 unspecified atom stereocenters. The maximum absolute atomic E-state index is 13.5. The summed E-state index contributed by atoms with van der Waals surface area (Å²) in [4.78, 5) is 49.5. The third kappa shape index (κ3) is 6.30. The van der Waals surface area contributed by atoms with Crippen LogP contribution in [0.25, 0.3) is 45.3 Å². The zero-order chi connectivity index (χ0) is 36.6. The van der Waals surface area contributed by atoms with Crippen LogP contribution in [0.15, 0.2) is 67.0 Å². The van der Waals surface area contributed by atoms with Crippen molar-refractivity contribution in [2.75, 3.05) is 78.2 Å². The summed E-state index contributed by atoms with van der Waals surface area (Å²) in [5.41, 5.74) is 7.20. The van der Waals surface area contributed by atoms with Crippen molar-refractivity contribution in [1.82, 2.24) is 29.7 Å². The molecular weight excluding hydrogens is 669 g/mol. The van der Waals surface area contributed by atoms with Crippen LogP contribution in [0.5, 0.6) is 5.75 Å². The number of aromatic nitrogens is 4. The minimum absolute atomic E-state index is 0.0557. The van der Waals surface area contributed by atoms with Crippen molar-refractivity contribution in [3.05, 3.63) is 99.8 Å². The monoisotopic (exact) mass is 708 g/mol. The molecule has 0 radical (unpaired) electrons. The third-order valence-corrected chi connectivity index (χ3v) is 10.1. The van der Waals surface area contributed by atoms with E-state index in [2.05, 4.69) is 50.6 Å². The number of rotatable bonds is 14. The first-order chi connectivity index (χ1) is 25.8. The van der Waals surface area contributed by atoms with Gasteiger partial charge in [-0.2, -0.15) is 0 Å². The van der Waals surface area contributed by atoms with Gasteiger partial charge < -0.3 is 29.9 Å². The summed E-state index contributed by atoms with van der Waals surface area (Å²) in [6.45, 7) is 4.75. The van der Waals surface area contributed by atoms with E-state index in [0.29, 0.717) is 52.5 Å². The fourth-order valence-corrected chi connectivity index (χ4v) is 7.42. The van der Waals surface area contributed by atoms with E-state index in [9.17, 15) is 9.59 Å². The summed E-state index contributed by atoms with van der Waals surface area (Å²) < 4.78 is 10.8. The van der Waals surface area contributed by atoms with Crippen molar-refractivity contribution >= 4 is 46.3 Å². The number of carbonyl (C=O) groups is 2. The van der Waals surface area contributed by atoms with Gasteiger partial charge in [-0.3, -0.25) is 19.6 Å². The van der Waals surface area contributed by atoms with E-state index in [0.717, 1.165) is 82.4 Å². The van der Waals surface area contributed by atoms with Gasteiger partial charge in [-0.15, -0.1) is 0 Å². The molecule has 0 fully saturated rings. The molecule has 12 heteroatoms. The van der Waals surface area contributed by atoms with Crippen molar-refractivity contribution in [1.29, 1.82) is 0 Å². The van der Waals surface area contributed by atoms with Crippen LogP contribution in [-0.2, 0) is 4.74 Å². The Balaban J connectivity index is 0.867. The fourth-order valence-electron chi connectivity index (χ4n) is 7.42. The molecule has 2 N–H and O–H groups in total. The number of nitrogens with one attached hydrogen (secondary N) is 2. The van der Waals surface area contributed by atoms with Crippen molar-refractivity contribution < 1.29 is 19.1 Å². The molecule has 5 aromatic rings. The lowest BCUT2D eigenvalue weighted by molar-refractivity contribution is 0.103. The van der Waals surface area contributed by atoms with Gasteiger partial charge in [0.15, 0.2) is 11.6 Å². The summed E-state index contributed by atoms with van der Waals surface area (Å²) in [7, 11) is 7.42. The molecule has 0 atom stereocenters. The van der Waals surface area contributed by atoms with Gasteiger partial charge in [0.05, 0.1) is 36.2 Å². The molecule has 268 valence electrons. The molecule has 4 aromatic heterocycles. The zero-order valence-electron chi connectivity index (χ0n) is 30.2. The lowest BCUT2D eigenvalue weighted by Gasteiger charge is -2.21. The lowest BCUT2D eigenvalue weighted by atomic mass is 9.95. The number of benzene rings is 1. The smallest absolute Gasteiger partial charge is 0.199 e. The molecule has 8 rings (SSSR count). The van der Waals surface area contributed by atoms with Crippen LogP contribution in [-0.4, -0.2) is 109 Å². The van der Waals surface area contributed by atoms with Crippen LogP contribution in [0.1, 0.15) is 38.3 Å². The number of anilines is 2.